The van der Waals surface area contributed by atoms with Crippen molar-refractivity contribution in [3.05, 3.63) is 0 Å². The summed E-state index contributed by atoms with van der Waals surface area (Å²) in [5, 5.41) is 8.55. The van der Waals surface area contributed by atoms with Gasteiger partial charge in [-0.05, 0) is 13.3 Å². The van der Waals surface area contributed by atoms with Crippen LogP contribution in [0.5, 0.6) is 0 Å². The minimum absolute atomic E-state index is 0.147. The number of hydrogen-bond donors (Lipinski definition) is 2. The number of hydrogen-bond acceptors (Lipinski definition) is 3. The van der Waals surface area contributed by atoms with E-state index >= 15 is 0 Å². The van der Waals surface area contributed by atoms with Crippen LogP contribution in [0.1, 0.15) is 26.7 Å². The normalized spacial score (nSPS) is 15.2. The van der Waals surface area contributed by atoms with Gasteiger partial charge in [0.15, 0.2) is 0 Å². The SMILES string of the molecule is CCC[C@@H](C(C)=O)[C@H](N)C(=O)O. The Labute approximate surface area is 71.8 Å². The molecule has 0 aliphatic rings. The van der Waals surface area contributed by atoms with Gasteiger partial charge in [-0.3, -0.25) is 9.59 Å². The van der Waals surface area contributed by atoms with Gasteiger partial charge in [0, 0.05) is 5.92 Å². The molecule has 0 amide bonds. The molecular weight excluding hydrogens is 158 g/mol. The van der Waals surface area contributed by atoms with Crippen LogP contribution in [-0.2, 0) is 9.59 Å². The quantitative estimate of drug-likeness (QED) is 0.630. The summed E-state index contributed by atoms with van der Waals surface area (Å²) in [5.41, 5.74) is 5.33. The van der Waals surface area contributed by atoms with Gasteiger partial charge in [0.2, 0.25) is 0 Å². The highest BCUT2D eigenvalue weighted by Crippen LogP contribution is 2.11. The lowest BCUT2D eigenvalue weighted by Crippen LogP contribution is -2.41. The first kappa shape index (κ1) is 11.1. The van der Waals surface area contributed by atoms with Gasteiger partial charge >= 0.3 is 5.97 Å². The molecule has 0 rings (SSSR count). The van der Waals surface area contributed by atoms with E-state index in [-0.39, 0.29) is 5.78 Å². The highest BCUT2D eigenvalue weighted by atomic mass is 16.4. The minimum atomic E-state index is -1.11. The first-order chi connectivity index (χ1) is 5.50. The van der Waals surface area contributed by atoms with Crippen LogP contribution in [-0.4, -0.2) is 22.9 Å². The van der Waals surface area contributed by atoms with Crippen molar-refractivity contribution in [2.75, 3.05) is 0 Å². The van der Waals surface area contributed by atoms with Crippen LogP contribution in [0, 0.1) is 5.92 Å². The third-order valence-corrected chi connectivity index (χ3v) is 1.84. The number of carboxylic acids is 1. The van der Waals surface area contributed by atoms with Gasteiger partial charge in [0.1, 0.15) is 11.8 Å². The van der Waals surface area contributed by atoms with Crippen molar-refractivity contribution in [1.29, 1.82) is 0 Å². The molecule has 0 aromatic heterocycles. The molecular formula is C8H15NO3. The van der Waals surface area contributed by atoms with Crippen molar-refractivity contribution in [2.45, 2.75) is 32.7 Å². The van der Waals surface area contributed by atoms with Gasteiger partial charge < -0.3 is 10.8 Å². The average Bonchev–Trinajstić information content (AvgIpc) is 1.98. The van der Waals surface area contributed by atoms with E-state index in [0.717, 1.165) is 6.42 Å². The van der Waals surface area contributed by atoms with E-state index in [2.05, 4.69) is 0 Å². The lowest BCUT2D eigenvalue weighted by Gasteiger charge is -2.16. The van der Waals surface area contributed by atoms with Gasteiger partial charge in [-0.1, -0.05) is 13.3 Å². The molecule has 0 radical (unpaired) electrons. The highest BCUT2D eigenvalue weighted by molar-refractivity contribution is 5.86. The van der Waals surface area contributed by atoms with Crippen LogP contribution in [0.15, 0.2) is 0 Å². The molecule has 0 heterocycles. The van der Waals surface area contributed by atoms with E-state index in [1.54, 1.807) is 0 Å². The van der Waals surface area contributed by atoms with Crippen molar-refractivity contribution >= 4 is 11.8 Å². The molecule has 0 fully saturated rings. The lowest BCUT2D eigenvalue weighted by atomic mass is 9.92. The maximum Gasteiger partial charge on any atom is 0.321 e. The van der Waals surface area contributed by atoms with Gasteiger partial charge in [0.25, 0.3) is 0 Å². The second-order valence-corrected chi connectivity index (χ2v) is 2.87. The zero-order valence-corrected chi connectivity index (χ0v) is 7.41. The first-order valence-corrected chi connectivity index (χ1v) is 3.99. The lowest BCUT2D eigenvalue weighted by molar-refractivity contribution is -0.142. The summed E-state index contributed by atoms with van der Waals surface area (Å²) in [4.78, 5) is 21.4. The number of carboxylic acid groups (broad SMARTS) is 1. The number of carbonyl (C=O) groups is 2. The van der Waals surface area contributed by atoms with Crippen molar-refractivity contribution in [2.24, 2.45) is 11.7 Å². The third kappa shape index (κ3) is 3.00. The number of nitrogens with two attached hydrogens (primary N) is 1. The van der Waals surface area contributed by atoms with Gasteiger partial charge in [-0.2, -0.15) is 0 Å². The van der Waals surface area contributed by atoms with Gasteiger partial charge in [0.05, 0.1) is 0 Å². The fourth-order valence-electron chi connectivity index (χ4n) is 1.12. The van der Waals surface area contributed by atoms with E-state index < -0.39 is 17.9 Å². The first-order valence-electron chi connectivity index (χ1n) is 3.99. The largest absolute Gasteiger partial charge is 0.480 e. The van der Waals surface area contributed by atoms with Crippen LogP contribution in [0.2, 0.25) is 0 Å². The fraction of sp³-hybridized carbons (Fsp3) is 0.750. The Balaban J connectivity index is 4.28. The summed E-state index contributed by atoms with van der Waals surface area (Å²) in [7, 11) is 0. The molecule has 0 unspecified atom stereocenters. The van der Waals surface area contributed by atoms with Crippen LogP contribution in [0.3, 0.4) is 0 Å². The van der Waals surface area contributed by atoms with E-state index in [4.69, 9.17) is 10.8 Å². The Morgan fingerprint density at radius 2 is 2.00 bits per heavy atom. The Bertz CT molecular complexity index is 179. The number of rotatable bonds is 5. The molecule has 0 spiro atoms. The predicted octanol–water partition coefficient (Wildman–Crippen LogP) is 0.404. The molecule has 0 aliphatic carbocycles. The molecule has 4 heteroatoms. The van der Waals surface area contributed by atoms with E-state index in [0.29, 0.717) is 6.42 Å². The van der Waals surface area contributed by atoms with Crippen molar-refractivity contribution in [3.8, 4) is 0 Å². The van der Waals surface area contributed by atoms with Gasteiger partial charge in [-0.15, -0.1) is 0 Å². The molecule has 0 saturated carbocycles. The molecule has 2 atom stereocenters. The monoisotopic (exact) mass is 173 g/mol. The summed E-state index contributed by atoms with van der Waals surface area (Å²) in [6.07, 6.45) is 1.31. The summed E-state index contributed by atoms with van der Waals surface area (Å²) >= 11 is 0. The van der Waals surface area contributed by atoms with Crippen molar-refractivity contribution in [3.63, 3.8) is 0 Å². The molecule has 0 bridgehead atoms. The number of ketones is 1. The average molecular weight is 173 g/mol. The third-order valence-electron chi connectivity index (χ3n) is 1.84. The van der Waals surface area contributed by atoms with E-state index in [1.807, 2.05) is 6.92 Å². The predicted molar refractivity (Wildman–Crippen MR) is 44.7 cm³/mol. The van der Waals surface area contributed by atoms with Crippen molar-refractivity contribution in [1.82, 2.24) is 0 Å². The van der Waals surface area contributed by atoms with Crippen LogP contribution >= 0.6 is 0 Å². The fourth-order valence-corrected chi connectivity index (χ4v) is 1.12. The highest BCUT2D eigenvalue weighted by Gasteiger charge is 2.26. The number of carbonyl (C=O) groups excluding carboxylic acids is 1. The molecule has 0 aromatic carbocycles. The molecule has 12 heavy (non-hydrogen) atoms. The molecule has 3 N–H and O–H groups in total. The summed E-state index contributed by atoms with van der Waals surface area (Å²) < 4.78 is 0. The Hall–Kier alpha value is -0.900. The summed E-state index contributed by atoms with van der Waals surface area (Å²) in [5.74, 6) is -1.79. The van der Waals surface area contributed by atoms with Crippen molar-refractivity contribution < 1.29 is 14.7 Å². The van der Waals surface area contributed by atoms with E-state index in [1.165, 1.54) is 6.92 Å². The summed E-state index contributed by atoms with van der Waals surface area (Å²) in [6, 6.07) is -1.05. The van der Waals surface area contributed by atoms with Crippen LogP contribution < -0.4 is 5.73 Å². The minimum Gasteiger partial charge on any atom is -0.480 e. The summed E-state index contributed by atoms with van der Waals surface area (Å²) in [6.45, 7) is 3.27. The Kier molecular flexibility index (Phi) is 4.51. The second-order valence-electron chi connectivity index (χ2n) is 2.87. The molecule has 0 saturated heterocycles. The van der Waals surface area contributed by atoms with Crippen LogP contribution in [0.4, 0.5) is 0 Å². The number of aliphatic carboxylic acids is 1. The molecule has 70 valence electrons. The maximum absolute atomic E-state index is 10.9. The van der Waals surface area contributed by atoms with Crippen LogP contribution in [0.25, 0.3) is 0 Å². The number of Topliss-reactive ketones (excluding diaryl/α,β-unsaturated/α-hetero) is 1. The second kappa shape index (κ2) is 4.87. The van der Waals surface area contributed by atoms with E-state index in [9.17, 15) is 9.59 Å². The Morgan fingerprint density at radius 3 is 2.25 bits per heavy atom. The molecule has 0 aromatic rings. The van der Waals surface area contributed by atoms with Gasteiger partial charge in [-0.25, -0.2) is 0 Å². The maximum atomic E-state index is 10.9. The molecule has 4 nitrogen and oxygen atoms in total. The zero-order chi connectivity index (χ0) is 9.72. The smallest absolute Gasteiger partial charge is 0.321 e. The molecule has 0 aliphatic heterocycles. The standard InChI is InChI=1S/C8H15NO3/c1-3-4-6(5(2)10)7(9)8(11)12/h6-7H,3-4,9H2,1-2H3,(H,11,12)/t6-,7-/m0/s1. The zero-order valence-electron chi connectivity index (χ0n) is 7.41. The topological polar surface area (TPSA) is 80.4 Å². The Morgan fingerprint density at radius 1 is 1.50 bits per heavy atom.